The van der Waals surface area contributed by atoms with E-state index in [4.69, 9.17) is 18.9 Å². The van der Waals surface area contributed by atoms with E-state index >= 15 is 0 Å². The topological polar surface area (TPSA) is 77.4 Å². The average Bonchev–Trinajstić information content (AvgIpc) is 2.55. The lowest BCUT2D eigenvalue weighted by Crippen LogP contribution is -2.57. The van der Waals surface area contributed by atoms with E-state index in [0.29, 0.717) is 0 Å². The first-order valence-electron chi connectivity index (χ1n) is 5.31. The second-order valence-electron chi connectivity index (χ2n) is 4.52. The third kappa shape index (κ3) is 1.97. The van der Waals surface area contributed by atoms with Gasteiger partial charge in [0, 0.05) is 7.11 Å². The number of rotatable bonds is 2. The quantitative estimate of drug-likeness (QED) is 0.653. The van der Waals surface area contributed by atoms with Gasteiger partial charge in [-0.15, -0.1) is 0 Å². The highest BCUT2D eigenvalue weighted by Gasteiger charge is 2.54. The van der Waals surface area contributed by atoms with Crippen LogP contribution in [0, 0.1) is 0 Å². The SMILES string of the molecule is CO[C@@H]1OC(CO)[C@@H]2OC(C)(C)OC2C1O. The van der Waals surface area contributed by atoms with Crippen LogP contribution < -0.4 is 0 Å². The van der Waals surface area contributed by atoms with Crippen LogP contribution in [-0.2, 0) is 18.9 Å². The lowest BCUT2D eigenvalue weighted by Gasteiger charge is -2.38. The van der Waals surface area contributed by atoms with Gasteiger partial charge in [-0.2, -0.15) is 0 Å². The third-order valence-corrected chi connectivity index (χ3v) is 2.87. The molecule has 2 saturated heterocycles. The summed E-state index contributed by atoms with van der Waals surface area (Å²) in [7, 11) is 1.43. The fraction of sp³-hybridized carbons (Fsp3) is 1.00. The Bertz CT molecular complexity index is 256. The van der Waals surface area contributed by atoms with Crippen molar-refractivity contribution in [2.24, 2.45) is 0 Å². The Labute approximate surface area is 94.1 Å². The van der Waals surface area contributed by atoms with Gasteiger partial charge in [0.05, 0.1) is 6.61 Å². The molecule has 0 radical (unpaired) electrons. The first-order chi connectivity index (χ1) is 7.48. The maximum absolute atomic E-state index is 9.95. The van der Waals surface area contributed by atoms with Gasteiger partial charge in [0.25, 0.3) is 0 Å². The highest BCUT2D eigenvalue weighted by Crippen LogP contribution is 2.37. The molecule has 0 aromatic rings. The summed E-state index contributed by atoms with van der Waals surface area (Å²) in [5.41, 5.74) is 0. The van der Waals surface area contributed by atoms with Crippen LogP contribution in [0.4, 0.5) is 0 Å². The summed E-state index contributed by atoms with van der Waals surface area (Å²) in [5.74, 6) is -0.782. The predicted molar refractivity (Wildman–Crippen MR) is 52.6 cm³/mol. The van der Waals surface area contributed by atoms with Crippen LogP contribution in [0.1, 0.15) is 13.8 Å². The molecule has 2 aliphatic rings. The lowest BCUT2D eigenvalue weighted by molar-refractivity contribution is -0.274. The number of methoxy groups -OCH3 is 1. The van der Waals surface area contributed by atoms with Crippen LogP contribution in [0.5, 0.6) is 0 Å². The van der Waals surface area contributed by atoms with Crippen LogP contribution >= 0.6 is 0 Å². The number of aliphatic hydroxyl groups excluding tert-OH is 2. The maximum Gasteiger partial charge on any atom is 0.186 e. The van der Waals surface area contributed by atoms with Crippen LogP contribution in [-0.4, -0.2) is 60.4 Å². The Balaban J connectivity index is 2.18. The molecule has 6 nitrogen and oxygen atoms in total. The number of aliphatic hydroxyl groups is 2. The molecule has 6 heteroatoms. The molecule has 2 fully saturated rings. The zero-order chi connectivity index (χ0) is 11.9. The largest absolute Gasteiger partial charge is 0.394 e. The highest BCUT2D eigenvalue weighted by atomic mass is 16.8. The summed E-state index contributed by atoms with van der Waals surface area (Å²) < 4.78 is 21.6. The Morgan fingerprint density at radius 2 is 1.88 bits per heavy atom. The number of ether oxygens (including phenoxy) is 4. The summed E-state index contributed by atoms with van der Waals surface area (Å²) in [6.07, 6.45) is -3.26. The van der Waals surface area contributed by atoms with E-state index in [-0.39, 0.29) is 6.61 Å². The molecule has 5 atom stereocenters. The van der Waals surface area contributed by atoms with Crippen molar-refractivity contribution >= 4 is 0 Å². The second kappa shape index (κ2) is 4.21. The molecule has 2 rings (SSSR count). The summed E-state index contributed by atoms with van der Waals surface area (Å²) in [5, 5.41) is 19.2. The normalized spacial score (nSPS) is 46.7. The van der Waals surface area contributed by atoms with Gasteiger partial charge in [-0.3, -0.25) is 0 Å². The molecule has 94 valence electrons. The van der Waals surface area contributed by atoms with E-state index < -0.39 is 36.5 Å². The van der Waals surface area contributed by atoms with E-state index in [0.717, 1.165) is 0 Å². The van der Waals surface area contributed by atoms with Crippen molar-refractivity contribution in [2.45, 2.75) is 50.3 Å². The molecule has 0 aromatic heterocycles. The average molecular weight is 234 g/mol. The molecule has 0 aliphatic carbocycles. The molecule has 2 N–H and O–H groups in total. The van der Waals surface area contributed by atoms with Crippen molar-refractivity contribution in [3.63, 3.8) is 0 Å². The molecule has 3 unspecified atom stereocenters. The van der Waals surface area contributed by atoms with Crippen LogP contribution in [0.25, 0.3) is 0 Å². The zero-order valence-corrected chi connectivity index (χ0v) is 9.62. The van der Waals surface area contributed by atoms with E-state index in [9.17, 15) is 10.2 Å². The van der Waals surface area contributed by atoms with Gasteiger partial charge < -0.3 is 29.2 Å². The summed E-state index contributed by atoms with van der Waals surface area (Å²) in [4.78, 5) is 0. The van der Waals surface area contributed by atoms with Gasteiger partial charge >= 0.3 is 0 Å². The summed E-state index contributed by atoms with van der Waals surface area (Å²) in [6.45, 7) is 3.32. The van der Waals surface area contributed by atoms with E-state index in [2.05, 4.69) is 0 Å². The molecule has 0 spiro atoms. The standard InChI is InChI=1S/C10H18O6/c1-10(2)15-7-5(4-11)14-9(13-3)6(12)8(7)16-10/h5-9,11-12H,4H2,1-3H3/t5?,6?,7-,8?,9+/m0/s1. The van der Waals surface area contributed by atoms with Crippen LogP contribution in [0.15, 0.2) is 0 Å². The van der Waals surface area contributed by atoms with Gasteiger partial charge in [0.2, 0.25) is 0 Å². The minimum atomic E-state index is -0.917. The van der Waals surface area contributed by atoms with Gasteiger partial charge in [-0.05, 0) is 13.8 Å². The number of hydrogen-bond acceptors (Lipinski definition) is 6. The van der Waals surface area contributed by atoms with Crippen molar-refractivity contribution in [3.05, 3.63) is 0 Å². The highest BCUT2D eigenvalue weighted by molar-refractivity contribution is 4.96. The monoisotopic (exact) mass is 234 g/mol. The molecule has 0 saturated carbocycles. The smallest absolute Gasteiger partial charge is 0.186 e. The maximum atomic E-state index is 9.95. The lowest BCUT2D eigenvalue weighted by atomic mass is 9.99. The molecule has 0 aromatic carbocycles. The molecular formula is C10H18O6. The van der Waals surface area contributed by atoms with E-state index in [1.165, 1.54) is 7.11 Å². The number of hydrogen-bond donors (Lipinski definition) is 2. The predicted octanol–water partition coefficient (Wildman–Crippen LogP) is -0.769. The van der Waals surface area contributed by atoms with Gasteiger partial charge in [0.1, 0.15) is 24.4 Å². The minimum absolute atomic E-state index is 0.201. The van der Waals surface area contributed by atoms with Crippen molar-refractivity contribution in [3.8, 4) is 0 Å². The first kappa shape index (κ1) is 12.2. The minimum Gasteiger partial charge on any atom is -0.394 e. The van der Waals surface area contributed by atoms with Crippen LogP contribution in [0.2, 0.25) is 0 Å². The van der Waals surface area contributed by atoms with E-state index in [1.54, 1.807) is 13.8 Å². The van der Waals surface area contributed by atoms with E-state index in [1.807, 2.05) is 0 Å². The summed E-state index contributed by atoms with van der Waals surface area (Å²) in [6, 6.07) is 0. The van der Waals surface area contributed by atoms with Gasteiger partial charge in [-0.1, -0.05) is 0 Å². The Hall–Kier alpha value is -0.240. The third-order valence-electron chi connectivity index (χ3n) is 2.87. The molecule has 2 heterocycles. The second-order valence-corrected chi connectivity index (χ2v) is 4.52. The Morgan fingerprint density at radius 1 is 1.25 bits per heavy atom. The van der Waals surface area contributed by atoms with Crippen LogP contribution in [0.3, 0.4) is 0 Å². The Morgan fingerprint density at radius 3 is 2.44 bits per heavy atom. The summed E-state index contributed by atoms with van der Waals surface area (Å²) >= 11 is 0. The molecule has 0 amide bonds. The van der Waals surface area contributed by atoms with Crippen molar-refractivity contribution in [2.75, 3.05) is 13.7 Å². The zero-order valence-electron chi connectivity index (χ0n) is 9.62. The molecular weight excluding hydrogens is 216 g/mol. The molecule has 2 aliphatic heterocycles. The molecule has 16 heavy (non-hydrogen) atoms. The van der Waals surface area contributed by atoms with Crippen molar-refractivity contribution in [1.82, 2.24) is 0 Å². The molecule has 0 bridgehead atoms. The number of fused-ring (bicyclic) bond motifs is 1. The van der Waals surface area contributed by atoms with Gasteiger partial charge in [-0.25, -0.2) is 0 Å². The van der Waals surface area contributed by atoms with Crippen molar-refractivity contribution < 1.29 is 29.2 Å². The van der Waals surface area contributed by atoms with Crippen molar-refractivity contribution in [1.29, 1.82) is 0 Å². The Kier molecular flexibility index (Phi) is 3.22. The fourth-order valence-corrected chi connectivity index (χ4v) is 2.20. The van der Waals surface area contributed by atoms with Gasteiger partial charge in [0.15, 0.2) is 12.1 Å². The first-order valence-corrected chi connectivity index (χ1v) is 5.31. The fourth-order valence-electron chi connectivity index (χ4n) is 2.20.